The summed E-state index contributed by atoms with van der Waals surface area (Å²) in [4.78, 5) is 21.5. The molecule has 0 aliphatic carbocycles. The average molecular weight is 385 g/mol. The molecule has 1 aliphatic rings. The molecule has 6 N–H and O–H groups in total. The first-order valence-electron chi connectivity index (χ1n) is 7.32. The van der Waals surface area contributed by atoms with Gasteiger partial charge >= 0.3 is 7.82 Å². The van der Waals surface area contributed by atoms with Crippen LogP contribution in [0.3, 0.4) is 0 Å². The molecule has 2 aromatic heterocycles. The molecule has 1 aliphatic heterocycles. The lowest BCUT2D eigenvalue weighted by Gasteiger charge is -2.33. The fourth-order valence-corrected chi connectivity index (χ4v) is 3.35. The zero-order valence-corrected chi connectivity index (χ0v) is 14.3. The number of nitrogen functional groups attached to an aromatic ring is 1. The molecule has 12 nitrogen and oxygen atoms in total. The molecule has 0 aromatic carbocycles. The van der Waals surface area contributed by atoms with Crippen LogP contribution >= 0.6 is 7.82 Å². The van der Waals surface area contributed by atoms with Crippen molar-refractivity contribution in [3.63, 3.8) is 0 Å². The van der Waals surface area contributed by atoms with Gasteiger partial charge in [0.15, 0.2) is 5.82 Å². The van der Waals surface area contributed by atoms with E-state index in [0.717, 1.165) is 6.33 Å². The Bertz CT molecular complexity index is 935. The van der Waals surface area contributed by atoms with Crippen molar-refractivity contribution in [2.75, 3.05) is 12.3 Å². The van der Waals surface area contributed by atoms with E-state index >= 15 is 0 Å². The molecule has 0 radical (unpaired) electrons. The van der Waals surface area contributed by atoms with E-state index in [0.29, 0.717) is 5.52 Å². The minimum Gasteiger partial charge on any atom is -0.387 e. The zero-order chi connectivity index (χ0) is 19.3. The summed E-state index contributed by atoms with van der Waals surface area (Å²) in [7, 11) is -4.84. The zero-order valence-electron chi connectivity index (χ0n) is 13.4. The van der Waals surface area contributed by atoms with Gasteiger partial charge < -0.3 is 30.5 Å². The van der Waals surface area contributed by atoms with Crippen molar-refractivity contribution in [1.29, 1.82) is 5.26 Å². The van der Waals surface area contributed by atoms with Crippen LogP contribution in [0, 0.1) is 11.3 Å². The van der Waals surface area contributed by atoms with Crippen molar-refractivity contribution < 1.29 is 33.8 Å². The summed E-state index contributed by atoms with van der Waals surface area (Å²) in [5.41, 5.74) is 1.90. The van der Waals surface area contributed by atoms with Crippen molar-refractivity contribution in [3.05, 3.63) is 24.2 Å². The summed E-state index contributed by atoms with van der Waals surface area (Å²) >= 11 is 0. The smallest absolute Gasteiger partial charge is 0.387 e. The molecule has 13 heteroatoms. The Morgan fingerprint density at radius 1 is 1.54 bits per heavy atom. The van der Waals surface area contributed by atoms with Gasteiger partial charge in [0, 0.05) is 0 Å². The highest BCUT2D eigenvalue weighted by atomic mass is 31.2. The lowest BCUT2D eigenvalue weighted by atomic mass is 9.80. The Morgan fingerprint density at radius 3 is 2.85 bits per heavy atom. The maximum Gasteiger partial charge on any atom is 0.469 e. The molecule has 0 spiro atoms. The highest BCUT2D eigenvalue weighted by Crippen LogP contribution is 2.48. The van der Waals surface area contributed by atoms with Crippen molar-refractivity contribution in [3.8, 4) is 6.07 Å². The number of ether oxygens (including phenoxy) is 1. The molecule has 3 heterocycles. The van der Waals surface area contributed by atoms with E-state index in [1.807, 2.05) is 6.07 Å². The Labute approximate surface area is 146 Å². The summed E-state index contributed by atoms with van der Waals surface area (Å²) in [6.45, 7) is 0.424. The van der Waals surface area contributed by atoms with Crippen molar-refractivity contribution >= 4 is 19.2 Å². The molecule has 26 heavy (non-hydrogen) atoms. The van der Waals surface area contributed by atoms with Gasteiger partial charge in [-0.15, -0.1) is 0 Å². The van der Waals surface area contributed by atoms with Gasteiger partial charge in [0.25, 0.3) is 0 Å². The lowest BCUT2D eigenvalue weighted by molar-refractivity contribution is -0.109. The van der Waals surface area contributed by atoms with Crippen molar-refractivity contribution in [2.45, 2.75) is 30.3 Å². The van der Waals surface area contributed by atoms with Crippen molar-refractivity contribution in [1.82, 2.24) is 14.6 Å². The fraction of sp³-hybridized carbons (Fsp3) is 0.462. The number of fused-ring (bicyclic) bond motifs is 1. The maximum atomic E-state index is 10.9. The average Bonchev–Trinajstić information content (AvgIpc) is 3.06. The summed E-state index contributed by atoms with van der Waals surface area (Å²) < 4.78 is 22.0. The van der Waals surface area contributed by atoms with Crippen LogP contribution in [-0.2, 0) is 19.4 Å². The maximum absolute atomic E-state index is 10.9. The number of nitrogens with two attached hydrogens (primary N) is 1. The van der Waals surface area contributed by atoms with Gasteiger partial charge in [0.1, 0.15) is 35.7 Å². The van der Waals surface area contributed by atoms with Gasteiger partial charge in [-0.3, -0.25) is 4.52 Å². The molecule has 140 valence electrons. The third kappa shape index (κ3) is 2.67. The standard InChI is InChI=1S/C13H16N5O7P/c1-12(20)10(19)8(4-24-26(21,22)23)25-13(12,5-14)9-3-2-7-11(15)16-6-17-18(7)9/h2-3,6,8,10,19-20H,4H2,1H3,(H2,15,16,17)(H2,21,22,23). The number of rotatable bonds is 4. The predicted octanol–water partition coefficient (Wildman–Crippen LogP) is -1.35. The molecule has 0 saturated carbocycles. The highest BCUT2D eigenvalue weighted by Gasteiger charge is 2.65. The third-order valence-corrected chi connectivity index (χ3v) is 4.86. The first-order valence-corrected chi connectivity index (χ1v) is 8.85. The molecule has 0 bridgehead atoms. The van der Waals surface area contributed by atoms with Crippen LogP contribution in [0.5, 0.6) is 0 Å². The Hall–Kier alpha value is -2.10. The second-order valence-electron chi connectivity index (χ2n) is 5.99. The van der Waals surface area contributed by atoms with Gasteiger partial charge in [-0.2, -0.15) is 10.4 Å². The number of aliphatic hydroxyl groups is 2. The summed E-state index contributed by atoms with van der Waals surface area (Å²) in [5, 5.41) is 35.0. The third-order valence-electron chi connectivity index (χ3n) is 4.38. The normalized spacial score (nSPS) is 32.0. The molecular formula is C13H16N5O7P. The molecule has 4 unspecified atom stereocenters. The molecule has 1 fully saturated rings. The summed E-state index contributed by atoms with van der Waals surface area (Å²) in [5.74, 6) is 0.124. The Morgan fingerprint density at radius 2 is 2.23 bits per heavy atom. The number of hydrogen-bond donors (Lipinski definition) is 5. The Balaban J connectivity index is 2.09. The quantitative estimate of drug-likeness (QED) is 0.390. The number of phosphoric ester groups is 1. The second-order valence-corrected chi connectivity index (χ2v) is 7.23. The Kier molecular flexibility index (Phi) is 4.29. The van der Waals surface area contributed by atoms with E-state index in [4.69, 9.17) is 20.3 Å². The van der Waals surface area contributed by atoms with Gasteiger partial charge in [0.05, 0.1) is 12.3 Å². The number of anilines is 1. The van der Waals surface area contributed by atoms with Crippen LogP contribution in [0.25, 0.3) is 5.52 Å². The fourth-order valence-electron chi connectivity index (χ4n) is 3.01. The van der Waals surface area contributed by atoms with Gasteiger partial charge in [-0.05, 0) is 19.1 Å². The predicted molar refractivity (Wildman–Crippen MR) is 84.2 cm³/mol. The van der Waals surface area contributed by atoms with Gasteiger partial charge in [0.2, 0.25) is 5.60 Å². The van der Waals surface area contributed by atoms with E-state index in [2.05, 4.69) is 14.6 Å². The van der Waals surface area contributed by atoms with E-state index in [9.17, 15) is 20.0 Å². The monoisotopic (exact) mass is 385 g/mol. The highest BCUT2D eigenvalue weighted by molar-refractivity contribution is 7.46. The van der Waals surface area contributed by atoms with Crippen LogP contribution < -0.4 is 5.73 Å². The van der Waals surface area contributed by atoms with E-state index in [1.165, 1.54) is 23.6 Å². The SMILES string of the molecule is CC1(O)C(O)C(COP(=O)(O)O)OC1(C#N)c1ccc2c(N)ncnn12. The largest absolute Gasteiger partial charge is 0.469 e. The van der Waals surface area contributed by atoms with Gasteiger partial charge in [-0.1, -0.05) is 0 Å². The number of phosphoric acid groups is 1. The van der Waals surface area contributed by atoms with Crippen LogP contribution in [0.4, 0.5) is 5.82 Å². The molecule has 4 atom stereocenters. The number of aromatic nitrogens is 3. The lowest BCUT2D eigenvalue weighted by Crippen LogP contribution is -2.52. The van der Waals surface area contributed by atoms with E-state index < -0.39 is 37.8 Å². The number of aliphatic hydroxyl groups excluding tert-OH is 1. The second kappa shape index (κ2) is 5.97. The summed E-state index contributed by atoms with van der Waals surface area (Å²) in [6, 6.07) is 4.77. The molecular weight excluding hydrogens is 369 g/mol. The summed E-state index contributed by atoms with van der Waals surface area (Å²) in [6.07, 6.45) is -1.92. The topological polar surface area (TPSA) is 196 Å². The molecule has 1 saturated heterocycles. The first-order chi connectivity index (χ1) is 12.0. The molecule has 0 amide bonds. The van der Waals surface area contributed by atoms with Crippen LogP contribution in [0.1, 0.15) is 12.6 Å². The van der Waals surface area contributed by atoms with Crippen LogP contribution in [-0.4, -0.2) is 59.0 Å². The molecule has 3 rings (SSSR count). The molecule has 2 aromatic rings. The minimum atomic E-state index is -4.84. The van der Waals surface area contributed by atoms with Gasteiger partial charge in [-0.25, -0.2) is 14.1 Å². The first kappa shape index (κ1) is 18.7. The van der Waals surface area contributed by atoms with E-state index in [-0.39, 0.29) is 11.5 Å². The minimum absolute atomic E-state index is 0.0619. The number of hydrogen-bond acceptors (Lipinski definition) is 9. The number of nitrogens with zero attached hydrogens (tertiary/aromatic N) is 4. The van der Waals surface area contributed by atoms with Crippen LogP contribution in [0.15, 0.2) is 18.5 Å². The number of nitriles is 1. The van der Waals surface area contributed by atoms with Crippen molar-refractivity contribution in [2.24, 2.45) is 0 Å². The van der Waals surface area contributed by atoms with E-state index in [1.54, 1.807) is 0 Å². The van der Waals surface area contributed by atoms with Crippen LogP contribution in [0.2, 0.25) is 0 Å².